The van der Waals surface area contributed by atoms with Gasteiger partial charge in [-0.3, -0.25) is 0 Å². The van der Waals surface area contributed by atoms with Gasteiger partial charge in [-0.25, -0.2) is 4.79 Å². The van der Waals surface area contributed by atoms with Gasteiger partial charge in [0.2, 0.25) is 6.29 Å². The van der Waals surface area contributed by atoms with Crippen LogP contribution in [0.4, 0.5) is 0 Å². The SMILES string of the molecule is C=C/C=C(/OC1CC(O)C[C@@H](C(=O)O)O1)C(=C)CC. The van der Waals surface area contributed by atoms with Gasteiger partial charge in [0.25, 0.3) is 0 Å². The van der Waals surface area contributed by atoms with Crippen molar-refractivity contribution in [3.05, 3.63) is 36.6 Å². The van der Waals surface area contributed by atoms with E-state index in [9.17, 15) is 9.90 Å². The van der Waals surface area contributed by atoms with E-state index >= 15 is 0 Å². The predicted molar refractivity (Wildman–Crippen MR) is 70.3 cm³/mol. The Bertz CT molecular complexity index is 385. The summed E-state index contributed by atoms with van der Waals surface area (Å²) in [4.78, 5) is 10.9. The second kappa shape index (κ2) is 7.11. The summed E-state index contributed by atoms with van der Waals surface area (Å²) in [5.74, 6) is -0.600. The fraction of sp³-hybridized carbons (Fsp3) is 0.500. The highest BCUT2D eigenvalue weighted by Gasteiger charge is 2.34. The van der Waals surface area contributed by atoms with E-state index < -0.39 is 24.5 Å². The molecule has 0 aromatic carbocycles. The normalized spacial score (nSPS) is 27.7. The summed E-state index contributed by atoms with van der Waals surface area (Å²) in [5.41, 5.74) is 0.760. The molecule has 1 heterocycles. The molecular formula is C14H20O5. The number of hydrogen-bond donors (Lipinski definition) is 2. The van der Waals surface area contributed by atoms with Crippen LogP contribution < -0.4 is 0 Å². The fourth-order valence-corrected chi connectivity index (χ4v) is 1.76. The summed E-state index contributed by atoms with van der Waals surface area (Å²) in [6.45, 7) is 9.37. The third kappa shape index (κ3) is 4.54. The van der Waals surface area contributed by atoms with Crippen LogP contribution in [0.3, 0.4) is 0 Å². The van der Waals surface area contributed by atoms with Crippen molar-refractivity contribution in [2.45, 2.75) is 44.7 Å². The van der Waals surface area contributed by atoms with Crippen LogP contribution in [0.1, 0.15) is 26.2 Å². The first-order chi connectivity index (χ1) is 8.97. The summed E-state index contributed by atoms with van der Waals surface area (Å²) in [5, 5.41) is 18.6. The Kier molecular flexibility index (Phi) is 5.79. The Balaban J connectivity index is 2.73. The molecule has 1 aliphatic heterocycles. The van der Waals surface area contributed by atoms with Gasteiger partial charge in [0.1, 0.15) is 5.76 Å². The number of hydrogen-bond acceptors (Lipinski definition) is 4. The first-order valence-electron chi connectivity index (χ1n) is 6.21. The number of aliphatic carboxylic acids is 1. The summed E-state index contributed by atoms with van der Waals surface area (Å²) in [6, 6.07) is 0. The zero-order valence-corrected chi connectivity index (χ0v) is 11.0. The van der Waals surface area contributed by atoms with Gasteiger partial charge in [0.05, 0.1) is 6.10 Å². The van der Waals surface area contributed by atoms with Crippen molar-refractivity contribution in [3.8, 4) is 0 Å². The van der Waals surface area contributed by atoms with Crippen molar-refractivity contribution in [2.24, 2.45) is 0 Å². The first kappa shape index (κ1) is 15.5. The molecule has 0 spiro atoms. The smallest absolute Gasteiger partial charge is 0.333 e. The molecule has 19 heavy (non-hydrogen) atoms. The van der Waals surface area contributed by atoms with Gasteiger partial charge in [0, 0.05) is 12.8 Å². The van der Waals surface area contributed by atoms with Crippen LogP contribution in [0, 0.1) is 0 Å². The number of aliphatic hydroxyl groups is 1. The maximum atomic E-state index is 10.9. The molecule has 0 aliphatic carbocycles. The molecule has 0 radical (unpaired) electrons. The van der Waals surface area contributed by atoms with Crippen LogP contribution in [-0.2, 0) is 14.3 Å². The van der Waals surface area contributed by atoms with Gasteiger partial charge in [-0.05, 0) is 18.1 Å². The molecule has 5 nitrogen and oxygen atoms in total. The van der Waals surface area contributed by atoms with Crippen molar-refractivity contribution in [3.63, 3.8) is 0 Å². The van der Waals surface area contributed by atoms with E-state index in [-0.39, 0.29) is 12.8 Å². The number of aliphatic hydroxyl groups excluding tert-OH is 1. The highest BCUT2D eigenvalue weighted by molar-refractivity contribution is 5.72. The van der Waals surface area contributed by atoms with Crippen LogP contribution in [-0.4, -0.2) is 34.7 Å². The number of rotatable bonds is 6. The predicted octanol–water partition coefficient (Wildman–Crippen LogP) is 1.99. The molecule has 0 amide bonds. The molecule has 1 rings (SSSR count). The minimum Gasteiger partial charge on any atom is -0.479 e. The maximum absolute atomic E-state index is 10.9. The molecular weight excluding hydrogens is 248 g/mol. The average Bonchev–Trinajstić information content (AvgIpc) is 2.36. The molecule has 0 bridgehead atoms. The average molecular weight is 268 g/mol. The number of allylic oxidation sites excluding steroid dienone is 3. The number of ether oxygens (including phenoxy) is 2. The Morgan fingerprint density at radius 3 is 2.74 bits per heavy atom. The van der Waals surface area contributed by atoms with Crippen LogP contribution in [0.2, 0.25) is 0 Å². The second-order valence-electron chi connectivity index (χ2n) is 4.36. The zero-order chi connectivity index (χ0) is 14.4. The fourth-order valence-electron chi connectivity index (χ4n) is 1.76. The van der Waals surface area contributed by atoms with E-state index in [4.69, 9.17) is 14.6 Å². The summed E-state index contributed by atoms with van der Waals surface area (Å²) < 4.78 is 10.9. The van der Waals surface area contributed by atoms with Crippen molar-refractivity contribution in [2.75, 3.05) is 0 Å². The van der Waals surface area contributed by atoms with Crippen molar-refractivity contribution < 1.29 is 24.5 Å². The first-order valence-corrected chi connectivity index (χ1v) is 6.21. The number of carboxylic acid groups (broad SMARTS) is 1. The van der Waals surface area contributed by atoms with E-state index in [2.05, 4.69) is 13.2 Å². The topological polar surface area (TPSA) is 76.0 Å². The lowest BCUT2D eigenvalue weighted by Crippen LogP contribution is -2.41. The Morgan fingerprint density at radius 2 is 2.21 bits per heavy atom. The van der Waals surface area contributed by atoms with Crippen LogP contribution in [0.25, 0.3) is 0 Å². The minimum absolute atomic E-state index is 0.0738. The van der Waals surface area contributed by atoms with Gasteiger partial charge in [0.15, 0.2) is 6.10 Å². The molecule has 0 saturated carbocycles. The van der Waals surface area contributed by atoms with Gasteiger partial charge in [-0.1, -0.05) is 26.2 Å². The zero-order valence-electron chi connectivity index (χ0n) is 11.0. The molecule has 5 heteroatoms. The molecule has 2 unspecified atom stereocenters. The molecule has 106 valence electrons. The monoisotopic (exact) mass is 268 g/mol. The van der Waals surface area contributed by atoms with Gasteiger partial charge >= 0.3 is 5.97 Å². The largest absolute Gasteiger partial charge is 0.479 e. The minimum atomic E-state index is -1.10. The molecule has 0 aromatic rings. The molecule has 0 aromatic heterocycles. The Hall–Kier alpha value is -1.59. The van der Waals surface area contributed by atoms with E-state index in [0.717, 1.165) is 5.57 Å². The van der Waals surface area contributed by atoms with E-state index in [0.29, 0.717) is 12.2 Å². The van der Waals surface area contributed by atoms with Crippen molar-refractivity contribution >= 4 is 5.97 Å². The molecule has 2 N–H and O–H groups in total. The van der Waals surface area contributed by atoms with E-state index in [1.807, 2.05) is 6.92 Å². The standard InChI is InChI=1S/C14H20O5/c1-4-6-11(9(3)5-2)18-13-8-10(15)7-12(19-13)14(16)17/h4,6,10,12-13,15H,1,3,5,7-8H2,2H3,(H,16,17)/b11-6+/t10?,12-,13?/m0/s1. The number of carbonyl (C=O) groups is 1. The molecule has 1 aliphatic rings. The maximum Gasteiger partial charge on any atom is 0.333 e. The van der Waals surface area contributed by atoms with Crippen LogP contribution >= 0.6 is 0 Å². The van der Waals surface area contributed by atoms with E-state index in [1.165, 1.54) is 0 Å². The lowest BCUT2D eigenvalue weighted by molar-refractivity contribution is -0.209. The van der Waals surface area contributed by atoms with Gasteiger partial charge in [-0.2, -0.15) is 0 Å². The Labute approximate surface area is 112 Å². The summed E-state index contributed by atoms with van der Waals surface area (Å²) in [7, 11) is 0. The van der Waals surface area contributed by atoms with Crippen LogP contribution in [0.15, 0.2) is 36.6 Å². The van der Waals surface area contributed by atoms with Crippen molar-refractivity contribution in [1.29, 1.82) is 0 Å². The molecule has 1 saturated heterocycles. The van der Waals surface area contributed by atoms with Crippen LogP contribution in [0.5, 0.6) is 0 Å². The highest BCUT2D eigenvalue weighted by atomic mass is 16.7. The lowest BCUT2D eigenvalue weighted by atomic mass is 10.1. The van der Waals surface area contributed by atoms with Crippen molar-refractivity contribution in [1.82, 2.24) is 0 Å². The quantitative estimate of drug-likeness (QED) is 0.569. The second-order valence-corrected chi connectivity index (χ2v) is 4.36. The molecule has 1 fully saturated rings. The van der Waals surface area contributed by atoms with E-state index in [1.54, 1.807) is 12.2 Å². The molecule has 3 atom stereocenters. The third-order valence-corrected chi connectivity index (χ3v) is 2.85. The van der Waals surface area contributed by atoms with Gasteiger partial charge < -0.3 is 19.7 Å². The Morgan fingerprint density at radius 1 is 1.53 bits per heavy atom. The highest BCUT2D eigenvalue weighted by Crippen LogP contribution is 2.25. The third-order valence-electron chi connectivity index (χ3n) is 2.85. The van der Waals surface area contributed by atoms with Gasteiger partial charge in [-0.15, -0.1) is 0 Å². The summed E-state index contributed by atoms with van der Waals surface area (Å²) in [6.07, 6.45) is 1.61. The number of carboxylic acids is 1. The lowest BCUT2D eigenvalue weighted by Gasteiger charge is -2.31. The summed E-state index contributed by atoms with van der Waals surface area (Å²) >= 11 is 0.